The molecular formula is C21H35N5O. The first-order chi connectivity index (χ1) is 13.0. The van der Waals surface area contributed by atoms with E-state index in [2.05, 4.69) is 32.8 Å². The Morgan fingerprint density at radius 3 is 2.85 bits per heavy atom. The van der Waals surface area contributed by atoms with Gasteiger partial charge < -0.3 is 16.0 Å². The number of rotatable bonds is 8. The van der Waals surface area contributed by atoms with Crippen molar-refractivity contribution in [1.29, 1.82) is 0 Å². The van der Waals surface area contributed by atoms with Crippen molar-refractivity contribution in [3.8, 4) is 0 Å². The number of likely N-dealkylation sites (tertiary alicyclic amines) is 1. The first-order valence-corrected chi connectivity index (χ1v) is 10.1. The Hall–Kier alpha value is -2.08. The van der Waals surface area contributed by atoms with Crippen molar-refractivity contribution in [2.24, 2.45) is 10.9 Å². The number of likely N-dealkylation sites (N-methyl/N-ethyl adjacent to an activating group) is 1. The van der Waals surface area contributed by atoms with E-state index in [0.29, 0.717) is 24.9 Å². The molecule has 1 aromatic rings. The predicted octanol–water partition coefficient (Wildman–Crippen LogP) is 2.82. The summed E-state index contributed by atoms with van der Waals surface area (Å²) < 4.78 is 0. The number of aliphatic imine (C=N–C) groups is 1. The Bertz CT molecular complexity index is 629. The minimum atomic E-state index is 0.0598. The second-order valence-corrected chi connectivity index (χ2v) is 7.58. The van der Waals surface area contributed by atoms with Gasteiger partial charge >= 0.3 is 0 Å². The van der Waals surface area contributed by atoms with Crippen LogP contribution in [0, 0.1) is 5.92 Å². The van der Waals surface area contributed by atoms with Gasteiger partial charge in [0.1, 0.15) is 0 Å². The highest BCUT2D eigenvalue weighted by atomic mass is 16.1. The lowest BCUT2D eigenvalue weighted by Gasteiger charge is -2.24. The number of carbonyl (C=O) groups is 1. The molecule has 6 nitrogen and oxygen atoms in total. The predicted molar refractivity (Wildman–Crippen MR) is 113 cm³/mol. The molecule has 3 N–H and O–H groups in total. The maximum absolute atomic E-state index is 11.9. The quantitative estimate of drug-likeness (QED) is 0.484. The largest absolute Gasteiger partial charge is 0.355 e. The minimum Gasteiger partial charge on any atom is -0.355 e. The molecule has 1 aromatic carbocycles. The fraction of sp³-hybridized carbons (Fsp3) is 0.619. The fourth-order valence-corrected chi connectivity index (χ4v) is 3.51. The number of hydrogen-bond acceptors (Lipinski definition) is 3. The van der Waals surface area contributed by atoms with Gasteiger partial charge in [0.25, 0.3) is 0 Å². The third-order valence-corrected chi connectivity index (χ3v) is 4.90. The smallest absolute Gasteiger partial charge is 0.224 e. The summed E-state index contributed by atoms with van der Waals surface area (Å²) in [5, 5.41) is 9.78. The molecule has 1 fully saturated rings. The van der Waals surface area contributed by atoms with Gasteiger partial charge in [0.2, 0.25) is 5.91 Å². The van der Waals surface area contributed by atoms with E-state index in [-0.39, 0.29) is 5.91 Å². The molecule has 1 unspecified atom stereocenters. The van der Waals surface area contributed by atoms with Crippen LogP contribution in [0.1, 0.15) is 45.6 Å². The van der Waals surface area contributed by atoms with Crippen LogP contribution in [-0.2, 0) is 11.3 Å². The Kier molecular flexibility index (Phi) is 8.58. The van der Waals surface area contributed by atoms with Crippen LogP contribution in [0.2, 0.25) is 0 Å². The standard InChI is InChI=1S/C21H35N5O/c1-5-26-11-7-10-19(26)15-24-21(22-4)23-14-17-8-6-9-18(13-17)25-20(27)12-16(2)3/h6,8-9,13,16,19H,5,7,10-12,14-15H2,1-4H3,(H,25,27)(H2,22,23,24). The van der Waals surface area contributed by atoms with Gasteiger partial charge in [-0.15, -0.1) is 0 Å². The highest BCUT2D eigenvalue weighted by Gasteiger charge is 2.22. The van der Waals surface area contributed by atoms with Crippen LogP contribution in [0.25, 0.3) is 0 Å². The van der Waals surface area contributed by atoms with E-state index in [4.69, 9.17) is 0 Å². The third-order valence-electron chi connectivity index (χ3n) is 4.90. The Morgan fingerprint density at radius 1 is 1.33 bits per heavy atom. The first kappa shape index (κ1) is 21.2. The van der Waals surface area contributed by atoms with Crippen molar-refractivity contribution in [2.75, 3.05) is 32.0 Å². The van der Waals surface area contributed by atoms with Crippen LogP contribution in [0.5, 0.6) is 0 Å². The van der Waals surface area contributed by atoms with Crippen molar-refractivity contribution in [3.63, 3.8) is 0 Å². The Morgan fingerprint density at radius 2 is 2.15 bits per heavy atom. The van der Waals surface area contributed by atoms with Gasteiger partial charge in [0.15, 0.2) is 5.96 Å². The van der Waals surface area contributed by atoms with Crippen LogP contribution in [0.3, 0.4) is 0 Å². The molecule has 1 amide bonds. The topological polar surface area (TPSA) is 68.8 Å². The van der Waals surface area contributed by atoms with Crippen LogP contribution >= 0.6 is 0 Å². The van der Waals surface area contributed by atoms with Gasteiger partial charge in [0.05, 0.1) is 0 Å². The van der Waals surface area contributed by atoms with E-state index in [1.807, 2.05) is 38.1 Å². The van der Waals surface area contributed by atoms with Crippen molar-refractivity contribution < 1.29 is 4.79 Å². The minimum absolute atomic E-state index is 0.0598. The number of amides is 1. The maximum atomic E-state index is 11.9. The summed E-state index contributed by atoms with van der Waals surface area (Å²) in [5.74, 6) is 1.23. The summed E-state index contributed by atoms with van der Waals surface area (Å²) in [6.45, 7) is 10.2. The zero-order valence-corrected chi connectivity index (χ0v) is 17.2. The summed E-state index contributed by atoms with van der Waals surface area (Å²) in [5.41, 5.74) is 1.95. The Labute approximate surface area is 163 Å². The zero-order valence-electron chi connectivity index (χ0n) is 17.2. The molecule has 150 valence electrons. The first-order valence-electron chi connectivity index (χ1n) is 10.1. The van der Waals surface area contributed by atoms with Crippen LogP contribution < -0.4 is 16.0 Å². The molecule has 2 rings (SSSR count). The van der Waals surface area contributed by atoms with Crippen LogP contribution in [-0.4, -0.2) is 49.5 Å². The Balaban J connectivity index is 1.82. The highest BCUT2D eigenvalue weighted by Crippen LogP contribution is 2.15. The molecule has 1 saturated heterocycles. The summed E-state index contributed by atoms with van der Waals surface area (Å²) >= 11 is 0. The molecule has 0 bridgehead atoms. The molecule has 1 aliphatic heterocycles. The normalized spacial score (nSPS) is 18.0. The number of benzene rings is 1. The van der Waals surface area contributed by atoms with Gasteiger partial charge in [0, 0.05) is 38.3 Å². The second-order valence-electron chi connectivity index (χ2n) is 7.58. The van der Waals surface area contributed by atoms with Crippen LogP contribution in [0.4, 0.5) is 5.69 Å². The SMILES string of the molecule is CCN1CCCC1CNC(=NC)NCc1cccc(NC(=O)CC(C)C)c1. The summed E-state index contributed by atoms with van der Waals surface area (Å²) in [6, 6.07) is 8.54. The van der Waals surface area contributed by atoms with Crippen LogP contribution in [0.15, 0.2) is 29.3 Å². The second kappa shape index (κ2) is 10.9. The van der Waals surface area contributed by atoms with E-state index >= 15 is 0 Å². The van der Waals surface area contributed by atoms with Crippen molar-refractivity contribution in [2.45, 2.75) is 52.6 Å². The number of carbonyl (C=O) groups excluding carboxylic acids is 1. The monoisotopic (exact) mass is 373 g/mol. The average molecular weight is 374 g/mol. The zero-order chi connectivity index (χ0) is 19.6. The highest BCUT2D eigenvalue weighted by molar-refractivity contribution is 5.90. The molecule has 27 heavy (non-hydrogen) atoms. The molecular weight excluding hydrogens is 338 g/mol. The van der Waals surface area contributed by atoms with E-state index < -0.39 is 0 Å². The number of nitrogens with zero attached hydrogens (tertiary/aromatic N) is 2. The lowest BCUT2D eigenvalue weighted by Crippen LogP contribution is -2.44. The maximum Gasteiger partial charge on any atom is 0.224 e. The van der Waals surface area contributed by atoms with Gasteiger partial charge in [-0.1, -0.05) is 32.9 Å². The van der Waals surface area contributed by atoms with Crippen molar-refractivity contribution in [3.05, 3.63) is 29.8 Å². The fourth-order valence-electron chi connectivity index (χ4n) is 3.51. The number of hydrogen-bond donors (Lipinski definition) is 3. The summed E-state index contributed by atoms with van der Waals surface area (Å²) in [6.07, 6.45) is 3.06. The van der Waals surface area contributed by atoms with Crippen molar-refractivity contribution >= 4 is 17.6 Å². The molecule has 0 aromatic heterocycles. The lowest BCUT2D eigenvalue weighted by molar-refractivity contribution is -0.116. The molecule has 0 saturated carbocycles. The van der Waals surface area contributed by atoms with Gasteiger partial charge in [-0.3, -0.25) is 14.7 Å². The average Bonchev–Trinajstić information content (AvgIpc) is 3.09. The van der Waals surface area contributed by atoms with Gasteiger partial charge in [-0.2, -0.15) is 0 Å². The number of guanidine groups is 1. The van der Waals surface area contributed by atoms with Gasteiger partial charge in [-0.25, -0.2) is 0 Å². The third kappa shape index (κ3) is 7.21. The number of anilines is 1. The van der Waals surface area contributed by atoms with E-state index in [1.165, 1.54) is 19.4 Å². The molecule has 0 spiro atoms. The molecule has 1 atom stereocenters. The summed E-state index contributed by atoms with van der Waals surface area (Å²) in [7, 11) is 1.80. The molecule has 0 radical (unpaired) electrons. The molecule has 0 aliphatic carbocycles. The lowest BCUT2D eigenvalue weighted by atomic mass is 10.1. The van der Waals surface area contributed by atoms with Gasteiger partial charge in [-0.05, 0) is 49.5 Å². The number of nitrogens with one attached hydrogen (secondary N) is 3. The van der Waals surface area contributed by atoms with E-state index in [0.717, 1.165) is 30.3 Å². The molecule has 6 heteroatoms. The summed E-state index contributed by atoms with van der Waals surface area (Å²) in [4.78, 5) is 18.8. The molecule has 1 heterocycles. The van der Waals surface area contributed by atoms with E-state index in [9.17, 15) is 4.79 Å². The van der Waals surface area contributed by atoms with Crippen molar-refractivity contribution in [1.82, 2.24) is 15.5 Å². The molecule has 1 aliphatic rings. The van der Waals surface area contributed by atoms with E-state index in [1.54, 1.807) is 7.05 Å².